The van der Waals surface area contributed by atoms with Crippen molar-refractivity contribution in [3.63, 3.8) is 0 Å². The maximum absolute atomic E-state index is 2.44. The van der Waals surface area contributed by atoms with Gasteiger partial charge in [-0.05, 0) is 31.1 Å². The highest BCUT2D eigenvalue weighted by molar-refractivity contribution is 5.25. The molecule has 1 saturated carbocycles. The molecule has 44 valence electrons. The van der Waals surface area contributed by atoms with Crippen LogP contribution in [0.1, 0.15) is 26.2 Å². The van der Waals surface area contributed by atoms with Gasteiger partial charge < -0.3 is 0 Å². The van der Waals surface area contributed by atoms with Gasteiger partial charge in [0.1, 0.15) is 0 Å². The lowest BCUT2D eigenvalue weighted by Gasteiger charge is -2.09. The minimum Gasteiger partial charge on any atom is -0.0848 e. The molecular weight excluding hydrogens is 96.1 g/mol. The first-order valence-electron chi connectivity index (χ1n) is 3.55. The summed E-state index contributed by atoms with van der Waals surface area (Å²) < 4.78 is 0. The van der Waals surface area contributed by atoms with Gasteiger partial charge in [-0.1, -0.05) is 18.6 Å². The molecule has 8 heavy (non-hydrogen) atoms. The van der Waals surface area contributed by atoms with Crippen LogP contribution in [0.2, 0.25) is 0 Å². The van der Waals surface area contributed by atoms with Gasteiger partial charge in [0.15, 0.2) is 0 Å². The first-order valence-corrected chi connectivity index (χ1v) is 3.55. The summed E-state index contributed by atoms with van der Waals surface area (Å²) >= 11 is 0. The number of hydrogen-bond donors (Lipinski definition) is 0. The summed E-state index contributed by atoms with van der Waals surface area (Å²) in [6, 6.07) is 0. The summed E-state index contributed by atoms with van der Waals surface area (Å²) in [5, 5.41) is 0. The van der Waals surface area contributed by atoms with Gasteiger partial charge in [-0.2, -0.15) is 0 Å². The third-order valence-electron chi connectivity index (χ3n) is 2.32. The quantitative estimate of drug-likeness (QED) is 0.418. The van der Waals surface area contributed by atoms with E-state index in [0.717, 1.165) is 11.8 Å². The zero-order valence-electron chi connectivity index (χ0n) is 5.35. The van der Waals surface area contributed by atoms with Gasteiger partial charge in [0.2, 0.25) is 0 Å². The fourth-order valence-corrected chi connectivity index (χ4v) is 1.64. The monoisotopic (exact) mass is 108 g/mol. The SMILES string of the molecule is CC1CC=C2CC2C1. The highest BCUT2D eigenvalue weighted by Crippen LogP contribution is 2.46. The summed E-state index contributed by atoms with van der Waals surface area (Å²) in [5.41, 5.74) is 1.75. The Morgan fingerprint density at radius 1 is 1.62 bits per heavy atom. The maximum atomic E-state index is 2.44. The van der Waals surface area contributed by atoms with Crippen molar-refractivity contribution in [1.82, 2.24) is 0 Å². The lowest BCUT2D eigenvalue weighted by Crippen LogP contribution is -1.96. The number of hydrogen-bond acceptors (Lipinski definition) is 0. The molecule has 0 aromatic heterocycles. The highest BCUT2D eigenvalue weighted by Gasteiger charge is 2.33. The molecule has 0 nitrogen and oxygen atoms in total. The molecule has 2 atom stereocenters. The summed E-state index contributed by atoms with van der Waals surface area (Å²) in [6.07, 6.45) is 6.71. The second kappa shape index (κ2) is 1.37. The highest BCUT2D eigenvalue weighted by atomic mass is 14.4. The van der Waals surface area contributed by atoms with E-state index in [1.165, 1.54) is 19.3 Å². The van der Waals surface area contributed by atoms with Crippen molar-refractivity contribution < 1.29 is 0 Å². The standard InChI is InChI=1S/C8H12/c1-6-2-3-7-5-8(7)4-6/h3,6,8H,2,4-5H2,1H3. The van der Waals surface area contributed by atoms with E-state index in [9.17, 15) is 0 Å². The second-order valence-electron chi connectivity index (χ2n) is 3.26. The minimum absolute atomic E-state index is 0.978. The predicted molar refractivity (Wildman–Crippen MR) is 34.6 cm³/mol. The normalized spacial score (nSPS) is 42.9. The van der Waals surface area contributed by atoms with Crippen LogP contribution < -0.4 is 0 Å². The van der Waals surface area contributed by atoms with Crippen molar-refractivity contribution >= 4 is 0 Å². The minimum atomic E-state index is 0.978. The molecule has 0 radical (unpaired) electrons. The third kappa shape index (κ3) is 0.594. The number of rotatable bonds is 0. The fraction of sp³-hybridized carbons (Fsp3) is 0.750. The first-order chi connectivity index (χ1) is 3.86. The third-order valence-corrected chi connectivity index (χ3v) is 2.32. The second-order valence-corrected chi connectivity index (χ2v) is 3.26. The van der Waals surface area contributed by atoms with Crippen LogP contribution in [0.4, 0.5) is 0 Å². The summed E-state index contributed by atoms with van der Waals surface area (Å²) in [5.74, 6) is 2.02. The smallest absolute Gasteiger partial charge is 0.0163 e. The zero-order chi connectivity index (χ0) is 5.56. The Hall–Kier alpha value is -0.260. The van der Waals surface area contributed by atoms with Crippen LogP contribution in [-0.4, -0.2) is 0 Å². The maximum Gasteiger partial charge on any atom is -0.0163 e. The molecule has 2 aliphatic carbocycles. The van der Waals surface area contributed by atoms with Crippen LogP contribution in [0, 0.1) is 11.8 Å². The summed E-state index contributed by atoms with van der Waals surface area (Å²) in [7, 11) is 0. The van der Waals surface area contributed by atoms with Crippen LogP contribution in [0.25, 0.3) is 0 Å². The molecule has 2 rings (SSSR count). The van der Waals surface area contributed by atoms with Crippen molar-refractivity contribution in [3.8, 4) is 0 Å². The Kier molecular flexibility index (Phi) is 0.787. The lowest BCUT2D eigenvalue weighted by atomic mass is 9.96. The van der Waals surface area contributed by atoms with Gasteiger partial charge in [-0.3, -0.25) is 0 Å². The molecule has 0 aromatic rings. The summed E-state index contributed by atoms with van der Waals surface area (Å²) in [4.78, 5) is 0. The van der Waals surface area contributed by atoms with Gasteiger partial charge in [-0.25, -0.2) is 0 Å². The summed E-state index contributed by atoms with van der Waals surface area (Å²) in [6.45, 7) is 2.35. The van der Waals surface area contributed by atoms with E-state index in [0.29, 0.717) is 0 Å². The molecule has 0 N–H and O–H groups in total. The first kappa shape index (κ1) is 4.60. The zero-order valence-corrected chi connectivity index (χ0v) is 5.35. The van der Waals surface area contributed by atoms with Crippen molar-refractivity contribution in [2.75, 3.05) is 0 Å². The van der Waals surface area contributed by atoms with Gasteiger partial charge in [0.05, 0.1) is 0 Å². The van der Waals surface area contributed by atoms with Crippen LogP contribution in [0.5, 0.6) is 0 Å². The van der Waals surface area contributed by atoms with E-state index < -0.39 is 0 Å². The van der Waals surface area contributed by atoms with Gasteiger partial charge in [-0.15, -0.1) is 0 Å². The van der Waals surface area contributed by atoms with Crippen molar-refractivity contribution in [2.45, 2.75) is 26.2 Å². The van der Waals surface area contributed by atoms with Crippen molar-refractivity contribution in [2.24, 2.45) is 11.8 Å². The molecule has 1 fully saturated rings. The molecule has 0 heteroatoms. The number of fused-ring (bicyclic) bond motifs is 1. The largest absolute Gasteiger partial charge is 0.0848 e. The Bertz CT molecular complexity index is 133. The molecule has 0 amide bonds. The lowest BCUT2D eigenvalue weighted by molar-refractivity contribution is 0.497. The van der Waals surface area contributed by atoms with Crippen molar-refractivity contribution in [1.29, 1.82) is 0 Å². The average Bonchev–Trinajstić information content (AvgIpc) is 2.43. The fourth-order valence-electron chi connectivity index (χ4n) is 1.64. The van der Waals surface area contributed by atoms with E-state index in [-0.39, 0.29) is 0 Å². The van der Waals surface area contributed by atoms with Crippen LogP contribution in [0.15, 0.2) is 11.6 Å². The molecule has 0 heterocycles. The molecule has 2 unspecified atom stereocenters. The Balaban J connectivity index is 2.11. The van der Waals surface area contributed by atoms with Crippen LogP contribution in [-0.2, 0) is 0 Å². The van der Waals surface area contributed by atoms with E-state index in [4.69, 9.17) is 0 Å². The van der Waals surface area contributed by atoms with Crippen LogP contribution >= 0.6 is 0 Å². The van der Waals surface area contributed by atoms with E-state index in [1.54, 1.807) is 5.57 Å². The van der Waals surface area contributed by atoms with Crippen molar-refractivity contribution in [3.05, 3.63) is 11.6 Å². The molecule has 0 saturated heterocycles. The number of allylic oxidation sites excluding steroid dienone is 2. The van der Waals surface area contributed by atoms with Crippen LogP contribution in [0.3, 0.4) is 0 Å². The average molecular weight is 108 g/mol. The van der Waals surface area contributed by atoms with Gasteiger partial charge in [0.25, 0.3) is 0 Å². The van der Waals surface area contributed by atoms with E-state index in [1.807, 2.05) is 0 Å². The topological polar surface area (TPSA) is 0 Å². The predicted octanol–water partition coefficient (Wildman–Crippen LogP) is 2.36. The van der Waals surface area contributed by atoms with E-state index >= 15 is 0 Å². The molecule has 0 aromatic carbocycles. The molecular formula is C8H12. The Labute approximate surface area is 50.6 Å². The van der Waals surface area contributed by atoms with E-state index in [2.05, 4.69) is 13.0 Å². The van der Waals surface area contributed by atoms with Gasteiger partial charge in [0, 0.05) is 0 Å². The molecule has 2 aliphatic rings. The Morgan fingerprint density at radius 3 is 3.12 bits per heavy atom. The van der Waals surface area contributed by atoms with Gasteiger partial charge >= 0.3 is 0 Å². The molecule has 0 bridgehead atoms. The Morgan fingerprint density at radius 2 is 2.50 bits per heavy atom. The molecule has 0 aliphatic heterocycles. The molecule has 0 spiro atoms.